The largest absolute Gasteiger partial charge is 0.378 e. The molecule has 180 valence electrons. The minimum atomic E-state index is -3.72. The molecule has 0 bridgehead atoms. The Labute approximate surface area is 201 Å². The summed E-state index contributed by atoms with van der Waals surface area (Å²) in [7, 11) is 0.182. The first-order chi connectivity index (χ1) is 16.2. The normalized spacial score (nSPS) is 14.9. The van der Waals surface area contributed by atoms with E-state index in [-0.39, 0.29) is 23.9 Å². The van der Waals surface area contributed by atoms with E-state index in [1.165, 1.54) is 4.31 Å². The van der Waals surface area contributed by atoms with Crippen LogP contribution in [0.4, 0.5) is 5.69 Å². The molecule has 1 aliphatic rings. The summed E-state index contributed by atoms with van der Waals surface area (Å²) in [4.78, 5) is 16.9. The van der Waals surface area contributed by atoms with Crippen LogP contribution in [0.25, 0.3) is 0 Å². The number of aryl methyl sites for hydroxylation is 1. The second-order valence-electron chi connectivity index (χ2n) is 8.78. The summed E-state index contributed by atoms with van der Waals surface area (Å²) in [5.41, 5.74) is 3.80. The lowest BCUT2D eigenvalue weighted by molar-refractivity contribution is 0.0698. The van der Waals surface area contributed by atoms with Crippen LogP contribution in [-0.2, 0) is 16.6 Å². The van der Waals surface area contributed by atoms with E-state index >= 15 is 0 Å². The average Bonchev–Trinajstić information content (AvgIpc) is 3.12. The molecule has 0 unspecified atom stereocenters. The van der Waals surface area contributed by atoms with Gasteiger partial charge in [-0.25, -0.2) is 8.42 Å². The van der Waals surface area contributed by atoms with Gasteiger partial charge in [0.05, 0.1) is 17.9 Å². The molecule has 3 aromatic rings. The number of anilines is 1. The topological polar surface area (TPSA) is 78.8 Å². The second kappa shape index (κ2) is 9.60. The summed E-state index contributed by atoms with van der Waals surface area (Å²) in [6.45, 7) is 5.26. The highest BCUT2D eigenvalue weighted by atomic mass is 32.2. The first-order valence-corrected chi connectivity index (χ1v) is 12.8. The van der Waals surface area contributed by atoms with Gasteiger partial charge in [0.25, 0.3) is 5.91 Å². The summed E-state index contributed by atoms with van der Waals surface area (Å²) in [6.07, 6.45) is 0. The van der Waals surface area contributed by atoms with E-state index in [1.54, 1.807) is 23.4 Å². The molecule has 1 amide bonds. The molecule has 8 nitrogen and oxygen atoms in total. The van der Waals surface area contributed by atoms with Gasteiger partial charge in [0.15, 0.2) is 0 Å². The van der Waals surface area contributed by atoms with Crippen molar-refractivity contribution in [1.82, 2.24) is 19.0 Å². The molecule has 4 rings (SSSR count). The lowest BCUT2D eigenvalue weighted by Crippen LogP contribution is -2.50. The van der Waals surface area contributed by atoms with Gasteiger partial charge in [0, 0.05) is 51.5 Å². The number of sulfonamides is 1. The van der Waals surface area contributed by atoms with Crippen LogP contribution in [0.2, 0.25) is 0 Å². The predicted molar refractivity (Wildman–Crippen MR) is 133 cm³/mol. The zero-order valence-corrected chi connectivity index (χ0v) is 20.9. The molecule has 1 aromatic heterocycles. The Bertz CT molecular complexity index is 1260. The van der Waals surface area contributed by atoms with Crippen molar-refractivity contribution in [2.75, 3.05) is 45.2 Å². The van der Waals surface area contributed by atoms with Gasteiger partial charge in [-0.2, -0.15) is 9.40 Å². The number of nitrogens with zero attached hydrogens (tertiary/aromatic N) is 5. The molecule has 1 aliphatic heterocycles. The molecular weight excluding hydrogens is 450 g/mol. The van der Waals surface area contributed by atoms with E-state index in [0.29, 0.717) is 36.6 Å². The maximum Gasteiger partial charge on any atom is 0.253 e. The Hall–Kier alpha value is -3.17. The van der Waals surface area contributed by atoms with Crippen molar-refractivity contribution in [2.45, 2.75) is 25.3 Å². The van der Waals surface area contributed by atoms with Crippen LogP contribution in [0.3, 0.4) is 0 Å². The van der Waals surface area contributed by atoms with E-state index < -0.39 is 10.0 Å². The van der Waals surface area contributed by atoms with Crippen LogP contribution in [0.15, 0.2) is 59.5 Å². The van der Waals surface area contributed by atoms with Gasteiger partial charge in [-0.1, -0.05) is 30.3 Å². The standard InChI is InChI=1S/C25H31N5O3S/c1-19-24(20(2)30(26-19)18-21-8-6-5-7-9-21)34(32,33)29-16-14-28(15-17-29)25(31)22-10-12-23(13-11-22)27(3)4/h5-13H,14-18H2,1-4H3. The third-order valence-electron chi connectivity index (χ3n) is 6.24. The highest BCUT2D eigenvalue weighted by Gasteiger charge is 2.34. The number of aromatic nitrogens is 2. The smallest absolute Gasteiger partial charge is 0.253 e. The van der Waals surface area contributed by atoms with E-state index in [9.17, 15) is 13.2 Å². The number of hydrogen-bond acceptors (Lipinski definition) is 5. The molecule has 1 saturated heterocycles. The second-order valence-corrected chi connectivity index (χ2v) is 10.7. The Kier molecular flexibility index (Phi) is 6.77. The van der Waals surface area contributed by atoms with Crippen molar-refractivity contribution < 1.29 is 13.2 Å². The van der Waals surface area contributed by atoms with E-state index in [0.717, 1.165) is 11.3 Å². The summed E-state index contributed by atoms with van der Waals surface area (Å²) in [5, 5.41) is 4.51. The predicted octanol–water partition coefficient (Wildman–Crippen LogP) is 2.76. The van der Waals surface area contributed by atoms with Crippen LogP contribution in [0.5, 0.6) is 0 Å². The Morgan fingerprint density at radius 2 is 1.56 bits per heavy atom. The number of piperazine rings is 1. The number of amides is 1. The van der Waals surface area contributed by atoms with Gasteiger partial charge in [0.1, 0.15) is 4.90 Å². The summed E-state index contributed by atoms with van der Waals surface area (Å²) >= 11 is 0. The molecule has 0 N–H and O–H groups in total. The molecule has 34 heavy (non-hydrogen) atoms. The van der Waals surface area contributed by atoms with Crippen molar-refractivity contribution in [3.05, 3.63) is 77.1 Å². The van der Waals surface area contributed by atoms with Gasteiger partial charge in [-0.05, 0) is 43.7 Å². The molecule has 9 heteroatoms. The highest BCUT2D eigenvalue weighted by Crippen LogP contribution is 2.25. The molecule has 0 radical (unpaired) electrons. The fourth-order valence-electron chi connectivity index (χ4n) is 4.31. The maximum absolute atomic E-state index is 13.5. The molecule has 0 atom stereocenters. The maximum atomic E-state index is 13.5. The zero-order chi connectivity index (χ0) is 24.5. The number of carbonyl (C=O) groups excluding carboxylic acids is 1. The number of rotatable bonds is 6. The monoisotopic (exact) mass is 481 g/mol. The van der Waals surface area contributed by atoms with Crippen molar-refractivity contribution >= 4 is 21.6 Å². The first-order valence-electron chi connectivity index (χ1n) is 11.3. The van der Waals surface area contributed by atoms with Gasteiger partial charge in [0.2, 0.25) is 10.0 Å². The molecule has 0 saturated carbocycles. The molecule has 2 heterocycles. The first kappa shape index (κ1) is 24.0. The van der Waals surface area contributed by atoms with Crippen LogP contribution in [-0.4, -0.2) is 73.6 Å². The number of benzene rings is 2. The fourth-order valence-corrected chi connectivity index (χ4v) is 6.10. The number of hydrogen-bond donors (Lipinski definition) is 0. The third-order valence-corrected chi connectivity index (χ3v) is 8.40. The van der Waals surface area contributed by atoms with Gasteiger partial charge < -0.3 is 9.80 Å². The minimum Gasteiger partial charge on any atom is -0.378 e. The van der Waals surface area contributed by atoms with Gasteiger partial charge in [-0.3, -0.25) is 9.48 Å². The van der Waals surface area contributed by atoms with Crippen LogP contribution < -0.4 is 4.90 Å². The van der Waals surface area contributed by atoms with E-state index in [1.807, 2.05) is 73.6 Å². The van der Waals surface area contributed by atoms with E-state index in [2.05, 4.69) is 5.10 Å². The zero-order valence-electron chi connectivity index (χ0n) is 20.1. The van der Waals surface area contributed by atoms with Crippen molar-refractivity contribution in [3.63, 3.8) is 0 Å². The molecular formula is C25H31N5O3S. The van der Waals surface area contributed by atoms with Gasteiger partial charge >= 0.3 is 0 Å². The summed E-state index contributed by atoms with van der Waals surface area (Å²) in [6, 6.07) is 17.3. The highest BCUT2D eigenvalue weighted by molar-refractivity contribution is 7.89. The van der Waals surface area contributed by atoms with Crippen molar-refractivity contribution in [2.24, 2.45) is 0 Å². The van der Waals surface area contributed by atoms with Crippen LogP contribution >= 0.6 is 0 Å². The number of carbonyl (C=O) groups is 1. The molecule has 2 aromatic carbocycles. The Balaban J connectivity index is 1.46. The molecule has 0 spiro atoms. The van der Waals surface area contributed by atoms with Gasteiger partial charge in [-0.15, -0.1) is 0 Å². The van der Waals surface area contributed by atoms with Crippen molar-refractivity contribution in [3.8, 4) is 0 Å². The average molecular weight is 482 g/mol. The minimum absolute atomic E-state index is 0.0783. The Morgan fingerprint density at radius 1 is 0.941 bits per heavy atom. The molecule has 1 fully saturated rings. The Morgan fingerprint density at radius 3 is 2.15 bits per heavy atom. The SMILES string of the molecule is Cc1nn(Cc2ccccc2)c(C)c1S(=O)(=O)N1CCN(C(=O)c2ccc(N(C)C)cc2)CC1. The lowest BCUT2D eigenvalue weighted by atomic mass is 10.1. The summed E-state index contributed by atoms with van der Waals surface area (Å²) < 4.78 is 30.2. The molecule has 0 aliphatic carbocycles. The quantitative estimate of drug-likeness (QED) is 0.541. The van der Waals surface area contributed by atoms with E-state index in [4.69, 9.17) is 0 Å². The van der Waals surface area contributed by atoms with Crippen LogP contribution in [0, 0.1) is 13.8 Å². The third kappa shape index (κ3) is 4.71. The lowest BCUT2D eigenvalue weighted by Gasteiger charge is -2.34. The fraction of sp³-hybridized carbons (Fsp3) is 0.360. The van der Waals surface area contributed by atoms with Crippen LogP contribution in [0.1, 0.15) is 27.3 Å². The summed E-state index contributed by atoms with van der Waals surface area (Å²) in [5.74, 6) is -0.0783. The van der Waals surface area contributed by atoms with Crippen molar-refractivity contribution in [1.29, 1.82) is 0 Å².